The summed E-state index contributed by atoms with van der Waals surface area (Å²) in [5.41, 5.74) is 1.07. The summed E-state index contributed by atoms with van der Waals surface area (Å²) in [5, 5.41) is 19.5. The van der Waals surface area contributed by atoms with E-state index in [0.717, 1.165) is 0 Å². The van der Waals surface area contributed by atoms with Crippen LogP contribution >= 0.6 is 0 Å². The van der Waals surface area contributed by atoms with Gasteiger partial charge >= 0.3 is 0 Å². The summed E-state index contributed by atoms with van der Waals surface area (Å²) in [6, 6.07) is 8.85. The second-order valence-corrected chi connectivity index (χ2v) is 4.87. The van der Waals surface area contributed by atoms with Crippen molar-refractivity contribution < 1.29 is 24.5 Å². The van der Waals surface area contributed by atoms with Crippen LogP contribution in [0.4, 0.5) is 0 Å². The molecule has 0 saturated carbocycles. The van der Waals surface area contributed by atoms with Gasteiger partial charge in [0.2, 0.25) is 0 Å². The minimum Gasteiger partial charge on any atom is -0.500 e. The van der Waals surface area contributed by atoms with Gasteiger partial charge in [0.1, 0.15) is 11.5 Å². The monoisotopic (exact) mass is 302 g/mol. The largest absolute Gasteiger partial charge is 0.500 e. The fraction of sp³-hybridized carbons (Fsp3) is 0.235. The fourth-order valence-electron chi connectivity index (χ4n) is 2.19. The molecule has 0 heterocycles. The second kappa shape index (κ2) is 6.60. The van der Waals surface area contributed by atoms with Crippen LogP contribution in [0.1, 0.15) is 16.8 Å². The van der Waals surface area contributed by atoms with E-state index in [-0.39, 0.29) is 18.0 Å². The molecule has 0 aliphatic heterocycles. The van der Waals surface area contributed by atoms with Crippen molar-refractivity contribution in [2.45, 2.75) is 12.2 Å². The Morgan fingerprint density at radius 1 is 1.18 bits per heavy atom. The maximum Gasteiger partial charge on any atom is 0.193 e. The number of hydrogen-bond acceptors (Lipinski definition) is 5. The number of carbonyl (C=O) groups excluding carboxylic acids is 1. The molecular weight excluding hydrogens is 284 g/mol. The summed E-state index contributed by atoms with van der Waals surface area (Å²) in [7, 11) is 2.84. The van der Waals surface area contributed by atoms with Crippen LogP contribution in [0.15, 0.2) is 65.7 Å². The molecule has 0 saturated heterocycles. The van der Waals surface area contributed by atoms with Gasteiger partial charge in [-0.2, -0.15) is 0 Å². The molecule has 0 spiro atoms. The minimum atomic E-state index is -2.03. The van der Waals surface area contributed by atoms with Gasteiger partial charge in [0.15, 0.2) is 11.6 Å². The second-order valence-electron chi connectivity index (χ2n) is 4.87. The predicted molar refractivity (Wildman–Crippen MR) is 80.8 cm³/mol. The Morgan fingerprint density at radius 3 is 2.45 bits per heavy atom. The number of carbonyl (C=O) groups is 1. The molecule has 1 aliphatic carbocycles. The molecule has 1 aromatic carbocycles. The molecule has 0 aromatic heterocycles. The average Bonchev–Trinajstić information content (AvgIpc) is 2.52. The first-order valence-electron chi connectivity index (χ1n) is 6.73. The maximum atomic E-state index is 12.1. The number of hydrogen-bond donors (Lipinski definition) is 2. The van der Waals surface area contributed by atoms with Crippen LogP contribution in [0.25, 0.3) is 0 Å². The van der Waals surface area contributed by atoms with Crippen molar-refractivity contribution in [1.29, 1.82) is 0 Å². The first-order chi connectivity index (χ1) is 10.5. The van der Waals surface area contributed by atoms with Gasteiger partial charge in [0.25, 0.3) is 0 Å². The van der Waals surface area contributed by atoms with E-state index in [2.05, 4.69) is 0 Å². The normalized spacial score (nSPS) is 17.4. The highest BCUT2D eigenvalue weighted by Crippen LogP contribution is 2.31. The number of allylic oxidation sites excluding steroid dienone is 2. The number of aliphatic hydroxyl groups is 2. The molecule has 0 fully saturated rings. The van der Waals surface area contributed by atoms with Crippen molar-refractivity contribution in [2.75, 3.05) is 14.2 Å². The molecule has 1 aliphatic rings. The summed E-state index contributed by atoms with van der Waals surface area (Å²) in [6.07, 6.45) is 4.02. The van der Waals surface area contributed by atoms with E-state index in [0.29, 0.717) is 16.9 Å². The average molecular weight is 302 g/mol. The SMILES string of the molecule is COC1=CC(O)(O)CC(OC)=C1C=CC(=O)c1ccccc1. The molecule has 0 bridgehead atoms. The summed E-state index contributed by atoms with van der Waals surface area (Å²) in [4.78, 5) is 12.1. The van der Waals surface area contributed by atoms with Gasteiger partial charge in [-0.25, -0.2) is 0 Å². The third kappa shape index (κ3) is 3.63. The maximum absolute atomic E-state index is 12.1. The molecule has 1 aromatic rings. The molecule has 116 valence electrons. The Morgan fingerprint density at radius 2 is 1.86 bits per heavy atom. The lowest BCUT2D eigenvalue weighted by molar-refractivity contribution is -0.126. The van der Waals surface area contributed by atoms with Gasteiger partial charge in [-0.3, -0.25) is 4.79 Å². The van der Waals surface area contributed by atoms with Gasteiger partial charge in [-0.05, 0) is 12.2 Å². The standard InChI is InChI=1S/C17H18O5/c1-21-15-10-17(19,20)11-16(22-2)13(15)8-9-14(18)12-6-4-3-5-7-12/h3-10,19-20H,11H2,1-2H3. The van der Waals surface area contributed by atoms with Crippen LogP contribution in [0.5, 0.6) is 0 Å². The first kappa shape index (κ1) is 16.0. The zero-order chi connectivity index (χ0) is 16.2. The molecule has 22 heavy (non-hydrogen) atoms. The molecule has 0 atom stereocenters. The summed E-state index contributed by atoms with van der Waals surface area (Å²) >= 11 is 0. The van der Waals surface area contributed by atoms with Crippen LogP contribution in [0, 0.1) is 0 Å². The first-order valence-corrected chi connectivity index (χ1v) is 6.73. The van der Waals surface area contributed by atoms with E-state index in [1.54, 1.807) is 30.3 Å². The Labute approximate surface area is 128 Å². The highest BCUT2D eigenvalue weighted by atomic mass is 16.5. The molecule has 5 nitrogen and oxygen atoms in total. The van der Waals surface area contributed by atoms with Crippen molar-refractivity contribution >= 4 is 5.78 Å². The Kier molecular flexibility index (Phi) is 4.80. The van der Waals surface area contributed by atoms with Gasteiger partial charge in [0, 0.05) is 11.6 Å². The van der Waals surface area contributed by atoms with Crippen LogP contribution in [0.2, 0.25) is 0 Å². The number of ketones is 1. The Hall–Kier alpha value is -2.37. The zero-order valence-corrected chi connectivity index (χ0v) is 12.4. The highest BCUT2D eigenvalue weighted by molar-refractivity contribution is 6.04. The van der Waals surface area contributed by atoms with Crippen molar-refractivity contribution in [3.8, 4) is 0 Å². The number of benzene rings is 1. The lowest BCUT2D eigenvalue weighted by Crippen LogP contribution is -2.30. The highest BCUT2D eigenvalue weighted by Gasteiger charge is 2.31. The van der Waals surface area contributed by atoms with E-state index in [1.165, 1.54) is 26.4 Å². The molecular formula is C17H18O5. The molecule has 5 heteroatoms. The van der Waals surface area contributed by atoms with Crippen molar-refractivity contribution in [3.63, 3.8) is 0 Å². The quantitative estimate of drug-likeness (QED) is 0.494. The number of ether oxygens (including phenoxy) is 2. The topological polar surface area (TPSA) is 76.0 Å². The molecule has 0 unspecified atom stereocenters. The molecule has 2 rings (SSSR count). The third-order valence-electron chi connectivity index (χ3n) is 3.27. The van der Waals surface area contributed by atoms with Gasteiger partial charge in [-0.15, -0.1) is 0 Å². The van der Waals surface area contributed by atoms with Gasteiger partial charge < -0.3 is 19.7 Å². The van der Waals surface area contributed by atoms with Gasteiger partial charge in [0.05, 0.1) is 26.2 Å². The lowest BCUT2D eigenvalue weighted by atomic mass is 9.97. The van der Waals surface area contributed by atoms with Crippen LogP contribution in [0.3, 0.4) is 0 Å². The predicted octanol–water partition coefficient (Wildman–Crippen LogP) is 1.94. The molecule has 2 N–H and O–H groups in total. The van der Waals surface area contributed by atoms with Crippen LogP contribution in [-0.4, -0.2) is 36.0 Å². The number of methoxy groups -OCH3 is 2. The zero-order valence-electron chi connectivity index (χ0n) is 12.4. The minimum absolute atomic E-state index is 0.116. The Bertz CT molecular complexity index is 638. The van der Waals surface area contributed by atoms with Gasteiger partial charge in [-0.1, -0.05) is 30.3 Å². The summed E-state index contributed by atoms with van der Waals surface area (Å²) < 4.78 is 10.3. The molecule has 0 amide bonds. The summed E-state index contributed by atoms with van der Waals surface area (Å²) in [5.74, 6) is -1.62. The van der Waals surface area contributed by atoms with E-state index in [4.69, 9.17) is 9.47 Å². The van der Waals surface area contributed by atoms with E-state index in [1.807, 2.05) is 6.07 Å². The van der Waals surface area contributed by atoms with Crippen molar-refractivity contribution in [1.82, 2.24) is 0 Å². The fourth-order valence-corrected chi connectivity index (χ4v) is 2.19. The summed E-state index contributed by atoms with van der Waals surface area (Å²) in [6.45, 7) is 0. The van der Waals surface area contributed by atoms with Crippen LogP contribution < -0.4 is 0 Å². The Balaban J connectivity index is 2.30. The van der Waals surface area contributed by atoms with Crippen molar-refractivity contribution in [2.24, 2.45) is 0 Å². The van der Waals surface area contributed by atoms with E-state index < -0.39 is 5.79 Å². The van der Waals surface area contributed by atoms with Crippen LogP contribution in [-0.2, 0) is 9.47 Å². The number of rotatable bonds is 5. The lowest BCUT2D eigenvalue weighted by Gasteiger charge is -2.26. The smallest absolute Gasteiger partial charge is 0.193 e. The third-order valence-corrected chi connectivity index (χ3v) is 3.27. The van der Waals surface area contributed by atoms with E-state index >= 15 is 0 Å². The van der Waals surface area contributed by atoms with E-state index in [9.17, 15) is 15.0 Å². The molecule has 0 radical (unpaired) electrons. The van der Waals surface area contributed by atoms with Crippen molar-refractivity contribution in [3.05, 3.63) is 71.2 Å².